The van der Waals surface area contributed by atoms with E-state index >= 15 is 0 Å². The highest BCUT2D eigenvalue weighted by atomic mass is 16.3. The summed E-state index contributed by atoms with van der Waals surface area (Å²) in [5.41, 5.74) is 2.32. The minimum atomic E-state index is -0.607. The van der Waals surface area contributed by atoms with Gasteiger partial charge in [-0.25, -0.2) is 0 Å². The van der Waals surface area contributed by atoms with Crippen LogP contribution in [0.2, 0.25) is 0 Å². The molecule has 1 aliphatic rings. The fraction of sp³-hybridized carbons (Fsp3) is 0.462. The maximum absolute atomic E-state index is 9.24. The Hall–Kier alpha value is -1.19. The zero-order valence-electron chi connectivity index (χ0n) is 9.43. The summed E-state index contributed by atoms with van der Waals surface area (Å²) >= 11 is 0. The van der Waals surface area contributed by atoms with E-state index in [9.17, 15) is 5.11 Å². The van der Waals surface area contributed by atoms with Gasteiger partial charge in [0.25, 0.3) is 0 Å². The second kappa shape index (κ2) is 4.36. The van der Waals surface area contributed by atoms with Gasteiger partial charge in [-0.3, -0.25) is 4.99 Å². The molecule has 0 bridgehead atoms. The number of rotatable bonds is 5. The summed E-state index contributed by atoms with van der Waals surface area (Å²) in [5.74, 6) is 0. The van der Waals surface area contributed by atoms with E-state index < -0.39 is 6.10 Å². The van der Waals surface area contributed by atoms with Gasteiger partial charge in [0.2, 0.25) is 0 Å². The molecule has 86 valence electrons. The summed E-state index contributed by atoms with van der Waals surface area (Å²) in [6, 6.07) is 8.28. The minimum Gasteiger partial charge on any atom is -0.394 e. The van der Waals surface area contributed by atoms with Gasteiger partial charge >= 0.3 is 0 Å². The molecule has 3 nitrogen and oxygen atoms in total. The average molecular weight is 219 g/mol. The van der Waals surface area contributed by atoms with Crippen molar-refractivity contribution in [1.29, 1.82) is 0 Å². The van der Waals surface area contributed by atoms with Crippen LogP contribution in [0.5, 0.6) is 0 Å². The first-order valence-corrected chi connectivity index (χ1v) is 5.59. The van der Waals surface area contributed by atoms with E-state index in [0.29, 0.717) is 6.42 Å². The van der Waals surface area contributed by atoms with Crippen LogP contribution >= 0.6 is 0 Å². The van der Waals surface area contributed by atoms with E-state index in [1.54, 1.807) is 0 Å². The van der Waals surface area contributed by atoms with Gasteiger partial charge in [0.1, 0.15) is 5.54 Å². The van der Waals surface area contributed by atoms with Crippen LogP contribution in [-0.2, 0) is 12.0 Å². The molecule has 0 saturated heterocycles. The van der Waals surface area contributed by atoms with E-state index in [1.807, 2.05) is 6.21 Å². The van der Waals surface area contributed by atoms with Crippen LogP contribution in [0.3, 0.4) is 0 Å². The van der Waals surface area contributed by atoms with Crippen molar-refractivity contribution in [3.05, 3.63) is 35.4 Å². The van der Waals surface area contributed by atoms with Gasteiger partial charge in [-0.05, 0) is 30.9 Å². The highest BCUT2D eigenvalue weighted by molar-refractivity contribution is 5.85. The first kappa shape index (κ1) is 11.3. The molecule has 16 heavy (non-hydrogen) atoms. The third kappa shape index (κ3) is 2.49. The third-order valence-corrected chi connectivity index (χ3v) is 3.03. The van der Waals surface area contributed by atoms with E-state index in [1.165, 1.54) is 11.1 Å². The van der Waals surface area contributed by atoms with Gasteiger partial charge in [0, 0.05) is 6.21 Å². The Morgan fingerprint density at radius 1 is 1.31 bits per heavy atom. The molecule has 1 aromatic rings. The Labute approximate surface area is 95.5 Å². The van der Waals surface area contributed by atoms with Gasteiger partial charge in [-0.1, -0.05) is 24.3 Å². The fourth-order valence-electron chi connectivity index (χ4n) is 1.68. The lowest BCUT2D eigenvalue weighted by Gasteiger charge is -2.09. The highest BCUT2D eigenvalue weighted by Crippen LogP contribution is 2.32. The molecule has 2 atom stereocenters. The molecular weight excluding hydrogens is 202 g/mol. The Morgan fingerprint density at radius 3 is 2.44 bits per heavy atom. The molecule has 3 heteroatoms. The van der Waals surface area contributed by atoms with Crippen molar-refractivity contribution in [2.75, 3.05) is 6.61 Å². The number of nitrogens with zero attached hydrogens (tertiary/aromatic N) is 1. The molecule has 1 aliphatic heterocycles. The molecule has 2 N–H and O–H groups in total. The quantitative estimate of drug-likeness (QED) is 0.783. The van der Waals surface area contributed by atoms with Crippen LogP contribution in [0.1, 0.15) is 24.5 Å². The van der Waals surface area contributed by atoms with Crippen molar-refractivity contribution in [3.8, 4) is 0 Å². The first-order valence-electron chi connectivity index (χ1n) is 5.59. The number of aliphatic hydroxyl groups excluding tert-OH is 2. The zero-order chi connectivity index (χ0) is 11.6. The van der Waals surface area contributed by atoms with Crippen molar-refractivity contribution in [2.24, 2.45) is 4.99 Å². The standard InChI is InChI=1S/C13H17NO2/c1-13(9-14-13)11-5-2-10(3-6-11)4-7-12(16)8-15/h2-3,5-6,9,12,15-16H,4,7-8H2,1H3. The number of aliphatic hydroxyl groups is 2. The van der Waals surface area contributed by atoms with Crippen LogP contribution in [0.25, 0.3) is 0 Å². The summed E-state index contributed by atoms with van der Waals surface area (Å²) in [7, 11) is 0. The molecule has 0 fully saturated rings. The number of hydrogen-bond acceptors (Lipinski definition) is 3. The van der Waals surface area contributed by atoms with Crippen molar-refractivity contribution in [1.82, 2.24) is 0 Å². The Kier molecular flexibility index (Phi) is 3.08. The second-order valence-corrected chi connectivity index (χ2v) is 4.48. The van der Waals surface area contributed by atoms with E-state index in [-0.39, 0.29) is 12.1 Å². The van der Waals surface area contributed by atoms with Crippen molar-refractivity contribution in [3.63, 3.8) is 0 Å². The van der Waals surface area contributed by atoms with Crippen LogP contribution in [-0.4, -0.2) is 29.1 Å². The lowest BCUT2D eigenvalue weighted by atomic mass is 9.97. The van der Waals surface area contributed by atoms with Gasteiger partial charge < -0.3 is 10.2 Å². The zero-order valence-corrected chi connectivity index (χ0v) is 9.43. The maximum atomic E-state index is 9.24. The normalized spacial score (nSPS) is 24.4. The molecule has 0 radical (unpaired) electrons. The number of aryl methyl sites for hydroxylation is 1. The Bertz CT molecular complexity index is 377. The summed E-state index contributed by atoms with van der Waals surface area (Å²) in [6.07, 6.45) is 2.73. The van der Waals surface area contributed by atoms with Gasteiger partial charge in [-0.2, -0.15) is 0 Å². The van der Waals surface area contributed by atoms with Crippen molar-refractivity contribution < 1.29 is 10.2 Å². The van der Waals surface area contributed by atoms with E-state index in [2.05, 4.69) is 36.2 Å². The van der Waals surface area contributed by atoms with Gasteiger partial charge in [0.05, 0.1) is 12.7 Å². The number of benzene rings is 1. The number of aliphatic imine (C=N–C) groups is 1. The van der Waals surface area contributed by atoms with Crippen LogP contribution in [0.15, 0.2) is 29.3 Å². The predicted molar refractivity (Wildman–Crippen MR) is 63.7 cm³/mol. The third-order valence-electron chi connectivity index (χ3n) is 3.03. The molecule has 0 amide bonds. The summed E-state index contributed by atoms with van der Waals surface area (Å²) in [5, 5.41) is 17.9. The Morgan fingerprint density at radius 2 is 1.94 bits per heavy atom. The summed E-state index contributed by atoms with van der Waals surface area (Å²) in [6.45, 7) is 1.92. The van der Waals surface area contributed by atoms with E-state index in [0.717, 1.165) is 6.42 Å². The predicted octanol–water partition coefficient (Wildman–Crippen LogP) is 1.27. The highest BCUT2D eigenvalue weighted by Gasteiger charge is 2.32. The fourth-order valence-corrected chi connectivity index (χ4v) is 1.68. The van der Waals surface area contributed by atoms with Crippen LogP contribution < -0.4 is 0 Å². The van der Waals surface area contributed by atoms with E-state index in [4.69, 9.17) is 5.11 Å². The maximum Gasteiger partial charge on any atom is 0.117 e. The monoisotopic (exact) mass is 219 g/mol. The SMILES string of the molecule is CC1(c2ccc(CCC(O)CO)cc2)C=N1. The molecule has 2 rings (SSSR count). The first-order chi connectivity index (χ1) is 7.64. The smallest absolute Gasteiger partial charge is 0.117 e. The van der Waals surface area contributed by atoms with Crippen molar-refractivity contribution in [2.45, 2.75) is 31.4 Å². The molecule has 0 saturated carbocycles. The van der Waals surface area contributed by atoms with Gasteiger partial charge in [0.15, 0.2) is 0 Å². The topological polar surface area (TPSA) is 52.8 Å². The Balaban J connectivity index is 1.92. The minimum absolute atomic E-state index is 0.0663. The van der Waals surface area contributed by atoms with Gasteiger partial charge in [-0.15, -0.1) is 0 Å². The largest absolute Gasteiger partial charge is 0.394 e. The molecule has 0 aliphatic carbocycles. The lowest BCUT2D eigenvalue weighted by Crippen LogP contribution is -2.12. The molecule has 1 aromatic carbocycles. The van der Waals surface area contributed by atoms with Crippen molar-refractivity contribution >= 4 is 6.21 Å². The van der Waals surface area contributed by atoms with Crippen LogP contribution in [0, 0.1) is 0 Å². The summed E-state index contributed by atoms with van der Waals surface area (Å²) < 4.78 is 0. The van der Waals surface area contributed by atoms with Crippen LogP contribution in [0.4, 0.5) is 0 Å². The average Bonchev–Trinajstić information content (AvgIpc) is 3.06. The molecular formula is C13H17NO2. The molecule has 0 aromatic heterocycles. The molecule has 1 heterocycles. The lowest BCUT2D eigenvalue weighted by molar-refractivity contribution is 0.0886. The molecule has 2 unspecified atom stereocenters. The second-order valence-electron chi connectivity index (χ2n) is 4.48. The summed E-state index contributed by atoms with van der Waals surface area (Å²) in [4.78, 5) is 4.22. The molecule has 0 spiro atoms. The number of hydrogen-bond donors (Lipinski definition) is 2.